The Morgan fingerprint density at radius 3 is 2.16 bits per heavy atom. The van der Waals surface area contributed by atoms with Crippen molar-refractivity contribution in [3.63, 3.8) is 0 Å². The Labute approximate surface area is 181 Å². The summed E-state index contributed by atoms with van der Waals surface area (Å²) in [5, 5.41) is 2.76. The number of anilines is 1. The second-order valence-corrected chi connectivity index (χ2v) is 8.37. The molecule has 0 aromatic heterocycles. The van der Waals surface area contributed by atoms with Crippen LogP contribution < -0.4 is 19.0 Å². The maximum absolute atomic E-state index is 12.6. The van der Waals surface area contributed by atoms with E-state index in [9.17, 15) is 13.2 Å². The summed E-state index contributed by atoms with van der Waals surface area (Å²) in [6.45, 7) is 3.51. The second-order valence-electron chi connectivity index (χ2n) is 6.85. The van der Waals surface area contributed by atoms with E-state index >= 15 is 0 Å². The van der Waals surface area contributed by atoms with E-state index in [-0.39, 0.29) is 16.6 Å². The van der Waals surface area contributed by atoms with E-state index in [2.05, 4.69) is 5.32 Å². The molecule has 8 heteroatoms. The zero-order valence-corrected chi connectivity index (χ0v) is 18.4. The average molecular weight is 442 g/mol. The van der Waals surface area contributed by atoms with Crippen LogP contribution in [-0.2, 0) is 10.1 Å². The molecule has 162 valence electrons. The number of hydrogen-bond acceptors (Lipinski definition) is 6. The van der Waals surface area contributed by atoms with Crippen molar-refractivity contribution in [3.8, 4) is 17.2 Å². The van der Waals surface area contributed by atoms with Gasteiger partial charge in [0.25, 0.3) is 5.91 Å². The first-order chi connectivity index (χ1) is 14.7. The van der Waals surface area contributed by atoms with Crippen LogP contribution in [0.1, 0.15) is 21.5 Å². The first-order valence-corrected chi connectivity index (χ1v) is 10.8. The van der Waals surface area contributed by atoms with Gasteiger partial charge in [-0.2, -0.15) is 8.42 Å². The molecular formula is C23H23NO6S. The Hall–Kier alpha value is -3.52. The fourth-order valence-corrected chi connectivity index (χ4v) is 4.15. The third-order valence-electron chi connectivity index (χ3n) is 4.59. The lowest BCUT2D eigenvalue weighted by molar-refractivity contribution is 0.102. The monoisotopic (exact) mass is 441 g/mol. The summed E-state index contributed by atoms with van der Waals surface area (Å²) in [6, 6.07) is 16.0. The highest BCUT2D eigenvalue weighted by molar-refractivity contribution is 7.87. The highest BCUT2D eigenvalue weighted by atomic mass is 32.2. The van der Waals surface area contributed by atoms with Gasteiger partial charge in [-0.05, 0) is 67.4 Å². The molecule has 0 radical (unpaired) electrons. The molecule has 0 atom stereocenters. The Balaban J connectivity index is 1.76. The molecule has 3 aromatic rings. The molecule has 0 saturated heterocycles. The van der Waals surface area contributed by atoms with Crippen LogP contribution in [0.2, 0.25) is 0 Å². The number of amides is 1. The summed E-state index contributed by atoms with van der Waals surface area (Å²) in [7, 11) is -0.961. The standard InChI is InChI=1S/C23H23NO6S/c1-15-5-6-16(2)22(13-15)31(26,27)30-18-9-7-17(8-10-18)23(25)24-20-12-11-19(28-3)14-21(20)29-4/h5-14H,1-4H3,(H,24,25). The third-order valence-corrected chi connectivity index (χ3v) is 5.98. The lowest BCUT2D eigenvalue weighted by atomic mass is 10.2. The fraction of sp³-hybridized carbons (Fsp3) is 0.174. The van der Waals surface area contributed by atoms with Gasteiger partial charge in [-0.15, -0.1) is 0 Å². The lowest BCUT2D eigenvalue weighted by Gasteiger charge is -2.12. The molecule has 1 N–H and O–H groups in total. The van der Waals surface area contributed by atoms with Gasteiger partial charge in [0.05, 0.1) is 19.9 Å². The first-order valence-electron chi connectivity index (χ1n) is 9.38. The number of benzene rings is 3. The number of aryl methyl sites for hydroxylation is 2. The van der Waals surface area contributed by atoms with Gasteiger partial charge in [0.1, 0.15) is 22.1 Å². The quantitative estimate of drug-likeness (QED) is 0.549. The van der Waals surface area contributed by atoms with Gasteiger partial charge in [-0.25, -0.2) is 0 Å². The minimum absolute atomic E-state index is 0.111. The third kappa shape index (κ3) is 5.16. The van der Waals surface area contributed by atoms with Crippen LogP contribution in [0.3, 0.4) is 0 Å². The fourth-order valence-electron chi connectivity index (χ4n) is 2.91. The summed E-state index contributed by atoms with van der Waals surface area (Å²) < 4.78 is 40.9. The number of nitrogens with one attached hydrogen (secondary N) is 1. The van der Waals surface area contributed by atoms with Crippen molar-refractivity contribution in [1.29, 1.82) is 0 Å². The predicted octanol–water partition coefficient (Wildman–Crippen LogP) is 4.34. The lowest BCUT2D eigenvalue weighted by Crippen LogP contribution is -2.13. The highest BCUT2D eigenvalue weighted by Gasteiger charge is 2.20. The van der Waals surface area contributed by atoms with E-state index < -0.39 is 10.1 Å². The summed E-state index contributed by atoms with van der Waals surface area (Å²) in [5.41, 5.74) is 2.21. The number of carbonyl (C=O) groups excluding carboxylic acids is 1. The summed E-state index contributed by atoms with van der Waals surface area (Å²) in [4.78, 5) is 12.7. The van der Waals surface area contributed by atoms with Gasteiger partial charge in [0.2, 0.25) is 0 Å². The van der Waals surface area contributed by atoms with E-state index in [1.165, 1.54) is 38.5 Å². The smallest absolute Gasteiger partial charge is 0.339 e. The molecule has 0 saturated carbocycles. The molecule has 31 heavy (non-hydrogen) atoms. The number of carbonyl (C=O) groups is 1. The van der Waals surface area contributed by atoms with Gasteiger partial charge >= 0.3 is 10.1 Å². The molecule has 0 aliphatic rings. The van der Waals surface area contributed by atoms with Crippen LogP contribution >= 0.6 is 0 Å². The van der Waals surface area contributed by atoms with E-state index in [4.69, 9.17) is 13.7 Å². The minimum atomic E-state index is -3.99. The number of hydrogen-bond donors (Lipinski definition) is 1. The molecule has 0 bridgehead atoms. The molecular weight excluding hydrogens is 418 g/mol. The Bertz CT molecular complexity index is 1200. The van der Waals surface area contributed by atoms with Gasteiger partial charge in [0, 0.05) is 11.6 Å². The summed E-state index contributed by atoms with van der Waals surface area (Å²) in [6.07, 6.45) is 0. The molecule has 0 spiro atoms. The second kappa shape index (κ2) is 9.09. The van der Waals surface area contributed by atoms with Crippen molar-refractivity contribution in [2.45, 2.75) is 18.7 Å². The minimum Gasteiger partial charge on any atom is -0.497 e. The van der Waals surface area contributed by atoms with Crippen LogP contribution in [0.4, 0.5) is 5.69 Å². The largest absolute Gasteiger partial charge is 0.497 e. The molecule has 1 amide bonds. The van der Waals surface area contributed by atoms with Crippen LogP contribution in [0, 0.1) is 13.8 Å². The van der Waals surface area contributed by atoms with Gasteiger partial charge < -0.3 is 19.0 Å². The normalized spacial score (nSPS) is 11.0. The average Bonchev–Trinajstić information content (AvgIpc) is 2.75. The predicted molar refractivity (Wildman–Crippen MR) is 118 cm³/mol. The van der Waals surface area contributed by atoms with Crippen molar-refractivity contribution >= 4 is 21.7 Å². The van der Waals surface area contributed by atoms with Crippen LogP contribution in [0.25, 0.3) is 0 Å². The molecule has 3 rings (SSSR count). The maximum atomic E-state index is 12.6. The number of ether oxygens (including phenoxy) is 2. The molecule has 0 aliphatic heterocycles. The molecule has 0 heterocycles. The van der Waals surface area contributed by atoms with E-state index in [1.807, 2.05) is 13.0 Å². The van der Waals surface area contributed by atoms with E-state index in [0.717, 1.165) is 5.56 Å². The highest BCUT2D eigenvalue weighted by Crippen LogP contribution is 2.29. The van der Waals surface area contributed by atoms with Gasteiger partial charge in [0.15, 0.2) is 0 Å². The first kappa shape index (κ1) is 22.2. The zero-order chi connectivity index (χ0) is 22.6. The SMILES string of the molecule is COc1ccc(NC(=O)c2ccc(OS(=O)(=O)c3cc(C)ccc3C)cc2)c(OC)c1. The molecule has 3 aromatic carbocycles. The Morgan fingerprint density at radius 2 is 1.52 bits per heavy atom. The zero-order valence-electron chi connectivity index (χ0n) is 17.6. The molecule has 7 nitrogen and oxygen atoms in total. The van der Waals surface area contributed by atoms with Crippen molar-refractivity contribution in [2.24, 2.45) is 0 Å². The van der Waals surface area contributed by atoms with Crippen molar-refractivity contribution in [1.82, 2.24) is 0 Å². The maximum Gasteiger partial charge on any atom is 0.339 e. The number of rotatable bonds is 7. The molecule has 0 unspecified atom stereocenters. The molecule has 0 fully saturated rings. The van der Waals surface area contributed by atoms with Crippen molar-refractivity contribution < 1.29 is 26.9 Å². The number of methoxy groups -OCH3 is 2. The van der Waals surface area contributed by atoms with Gasteiger partial charge in [-0.1, -0.05) is 12.1 Å². The van der Waals surface area contributed by atoms with Crippen LogP contribution in [-0.4, -0.2) is 28.5 Å². The summed E-state index contributed by atoms with van der Waals surface area (Å²) in [5.74, 6) is 0.778. The Kier molecular flexibility index (Phi) is 6.50. The summed E-state index contributed by atoms with van der Waals surface area (Å²) >= 11 is 0. The topological polar surface area (TPSA) is 90.9 Å². The van der Waals surface area contributed by atoms with Crippen LogP contribution in [0.5, 0.6) is 17.2 Å². The van der Waals surface area contributed by atoms with Crippen molar-refractivity contribution in [3.05, 3.63) is 77.4 Å². The van der Waals surface area contributed by atoms with E-state index in [1.54, 1.807) is 37.3 Å². The van der Waals surface area contributed by atoms with E-state index in [0.29, 0.717) is 28.3 Å². The Morgan fingerprint density at radius 1 is 0.839 bits per heavy atom. The van der Waals surface area contributed by atoms with Crippen molar-refractivity contribution in [2.75, 3.05) is 19.5 Å². The van der Waals surface area contributed by atoms with Crippen LogP contribution in [0.15, 0.2) is 65.6 Å². The van der Waals surface area contributed by atoms with Gasteiger partial charge in [-0.3, -0.25) is 4.79 Å². The molecule has 0 aliphatic carbocycles.